The molecule has 1 N–H and O–H groups in total. The molecule has 11 nitrogen and oxygen atoms in total. The smallest absolute Gasteiger partial charge is 0.330 e. The van der Waals surface area contributed by atoms with Crippen molar-refractivity contribution in [1.82, 2.24) is 19.1 Å². The topological polar surface area (TPSA) is 135 Å². The van der Waals surface area contributed by atoms with Gasteiger partial charge in [0.1, 0.15) is 19.8 Å². The highest BCUT2D eigenvalue weighted by atomic mass is 16.6. The van der Waals surface area contributed by atoms with Gasteiger partial charge in [0.2, 0.25) is 0 Å². The SMILES string of the molecule is C=CC(=O)OCC(CO)(COC(=O)CCn1ccnc1)COC(=O)CCn1ccnc1. The summed E-state index contributed by atoms with van der Waals surface area (Å²) in [5, 5.41) is 9.92. The largest absolute Gasteiger partial charge is 0.465 e. The summed E-state index contributed by atoms with van der Waals surface area (Å²) in [6.45, 7) is 2.60. The lowest BCUT2D eigenvalue weighted by atomic mass is 9.92. The van der Waals surface area contributed by atoms with Gasteiger partial charge in [-0.15, -0.1) is 0 Å². The molecule has 2 heterocycles. The number of imidazole rings is 2. The fourth-order valence-electron chi connectivity index (χ4n) is 2.44. The van der Waals surface area contributed by atoms with E-state index in [9.17, 15) is 19.5 Å². The molecule has 0 atom stereocenters. The Hall–Kier alpha value is -3.47. The monoisotopic (exact) mass is 434 g/mol. The zero-order valence-corrected chi connectivity index (χ0v) is 17.1. The predicted octanol–water partition coefficient (Wildman–Crippen LogP) is 0.354. The highest BCUT2D eigenvalue weighted by molar-refractivity contribution is 5.81. The van der Waals surface area contributed by atoms with Gasteiger partial charge in [-0.25, -0.2) is 14.8 Å². The van der Waals surface area contributed by atoms with Crippen molar-refractivity contribution in [1.29, 1.82) is 0 Å². The van der Waals surface area contributed by atoms with Gasteiger partial charge in [0.15, 0.2) is 0 Å². The molecule has 0 amide bonds. The Morgan fingerprint density at radius 1 is 0.903 bits per heavy atom. The minimum Gasteiger partial charge on any atom is -0.465 e. The number of carbonyl (C=O) groups is 3. The highest BCUT2D eigenvalue weighted by Gasteiger charge is 2.35. The summed E-state index contributed by atoms with van der Waals surface area (Å²) >= 11 is 0. The summed E-state index contributed by atoms with van der Waals surface area (Å²) in [6.07, 6.45) is 10.9. The third-order valence-electron chi connectivity index (χ3n) is 4.37. The van der Waals surface area contributed by atoms with Gasteiger partial charge in [-0.2, -0.15) is 0 Å². The number of aliphatic hydroxyl groups excluding tert-OH is 1. The molecule has 11 heteroatoms. The molecular weight excluding hydrogens is 408 g/mol. The van der Waals surface area contributed by atoms with Crippen LogP contribution in [0.25, 0.3) is 0 Å². The Balaban J connectivity index is 1.89. The molecule has 2 aromatic rings. The molecule has 0 aliphatic rings. The van der Waals surface area contributed by atoms with Crippen LogP contribution in [-0.4, -0.2) is 68.5 Å². The number of esters is 3. The van der Waals surface area contributed by atoms with E-state index in [4.69, 9.17) is 14.2 Å². The van der Waals surface area contributed by atoms with Crippen molar-refractivity contribution in [2.75, 3.05) is 26.4 Å². The average molecular weight is 434 g/mol. The van der Waals surface area contributed by atoms with E-state index >= 15 is 0 Å². The van der Waals surface area contributed by atoms with Gasteiger partial charge in [-0.1, -0.05) is 6.58 Å². The van der Waals surface area contributed by atoms with Gasteiger partial charge in [0.05, 0.1) is 37.5 Å². The third kappa shape index (κ3) is 8.42. The molecule has 168 valence electrons. The van der Waals surface area contributed by atoms with Crippen molar-refractivity contribution >= 4 is 17.9 Å². The molecule has 0 fully saturated rings. The summed E-state index contributed by atoms with van der Waals surface area (Å²) in [5.41, 5.74) is -1.30. The first-order valence-corrected chi connectivity index (χ1v) is 9.59. The Bertz CT molecular complexity index is 780. The van der Waals surface area contributed by atoms with Crippen LogP contribution >= 0.6 is 0 Å². The highest BCUT2D eigenvalue weighted by Crippen LogP contribution is 2.20. The summed E-state index contributed by atoms with van der Waals surface area (Å²) in [4.78, 5) is 43.4. The van der Waals surface area contributed by atoms with E-state index in [1.165, 1.54) is 0 Å². The van der Waals surface area contributed by atoms with Crippen LogP contribution in [0.5, 0.6) is 0 Å². The first kappa shape index (κ1) is 23.8. The van der Waals surface area contributed by atoms with E-state index in [0.717, 1.165) is 6.08 Å². The average Bonchev–Trinajstić information content (AvgIpc) is 3.50. The van der Waals surface area contributed by atoms with Gasteiger partial charge < -0.3 is 28.5 Å². The fourth-order valence-corrected chi connectivity index (χ4v) is 2.44. The molecule has 0 bridgehead atoms. The quantitative estimate of drug-likeness (QED) is 0.254. The number of aliphatic hydroxyl groups is 1. The van der Waals surface area contributed by atoms with Crippen molar-refractivity contribution in [3.8, 4) is 0 Å². The van der Waals surface area contributed by atoms with Gasteiger partial charge in [-0.05, 0) is 0 Å². The first-order chi connectivity index (χ1) is 15.0. The summed E-state index contributed by atoms with van der Waals surface area (Å²) in [7, 11) is 0. The fraction of sp³-hybridized carbons (Fsp3) is 0.450. The van der Waals surface area contributed by atoms with E-state index in [-0.39, 0.29) is 32.7 Å². The maximum absolute atomic E-state index is 12.1. The Morgan fingerprint density at radius 2 is 1.39 bits per heavy atom. The first-order valence-electron chi connectivity index (χ1n) is 9.59. The number of hydrogen-bond acceptors (Lipinski definition) is 9. The lowest BCUT2D eigenvalue weighted by Crippen LogP contribution is -2.42. The normalized spacial score (nSPS) is 11.0. The molecular formula is C20H26N4O7. The van der Waals surface area contributed by atoms with Gasteiger partial charge in [-0.3, -0.25) is 9.59 Å². The number of aromatic nitrogens is 4. The molecule has 0 spiro atoms. The zero-order valence-electron chi connectivity index (χ0n) is 17.1. The Kier molecular flexibility index (Phi) is 9.43. The molecule has 0 saturated heterocycles. The van der Waals surface area contributed by atoms with Crippen LogP contribution in [0.15, 0.2) is 50.1 Å². The van der Waals surface area contributed by atoms with Gasteiger partial charge in [0.25, 0.3) is 0 Å². The van der Waals surface area contributed by atoms with Crippen LogP contribution in [-0.2, 0) is 41.7 Å². The van der Waals surface area contributed by atoms with E-state index in [0.29, 0.717) is 13.1 Å². The van der Waals surface area contributed by atoms with Gasteiger partial charge >= 0.3 is 17.9 Å². The van der Waals surface area contributed by atoms with E-state index in [2.05, 4.69) is 16.5 Å². The van der Waals surface area contributed by atoms with E-state index < -0.39 is 29.9 Å². The Labute approximate surface area is 179 Å². The maximum atomic E-state index is 12.1. The summed E-state index contributed by atoms with van der Waals surface area (Å²) < 4.78 is 19.0. The number of nitrogens with zero attached hydrogens (tertiary/aromatic N) is 4. The lowest BCUT2D eigenvalue weighted by Gasteiger charge is -2.30. The Morgan fingerprint density at radius 3 is 1.77 bits per heavy atom. The molecule has 0 radical (unpaired) electrons. The van der Waals surface area contributed by atoms with Crippen LogP contribution in [0.1, 0.15) is 12.8 Å². The van der Waals surface area contributed by atoms with Crippen molar-refractivity contribution < 1.29 is 33.7 Å². The van der Waals surface area contributed by atoms with Crippen LogP contribution in [0, 0.1) is 5.41 Å². The molecule has 0 saturated carbocycles. The van der Waals surface area contributed by atoms with Crippen molar-refractivity contribution in [3.63, 3.8) is 0 Å². The van der Waals surface area contributed by atoms with Crippen LogP contribution in [0.4, 0.5) is 0 Å². The molecule has 0 aromatic carbocycles. The molecule has 31 heavy (non-hydrogen) atoms. The second-order valence-corrected chi connectivity index (χ2v) is 6.89. The van der Waals surface area contributed by atoms with E-state index in [1.807, 2.05) is 0 Å². The molecule has 0 aliphatic carbocycles. The minimum absolute atomic E-state index is 0.0784. The van der Waals surface area contributed by atoms with Crippen LogP contribution in [0.2, 0.25) is 0 Å². The van der Waals surface area contributed by atoms with Crippen molar-refractivity contribution in [2.24, 2.45) is 5.41 Å². The second kappa shape index (κ2) is 12.3. The van der Waals surface area contributed by atoms with Crippen LogP contribution in [0.3, 0.4) is 0 Å². The minimum atomic E-state index is -1.30. The number of hydrogen-bond donors (Lipinski definition) is 1. The molecule has 0 aliphatic heterocycles. The standard InChI is InChI=1S/C20H26N4O7/c1-2-17(26)29-12-20(11-25,13-30-18(27)3-7-23-9-5-21-15-23)14-31-19(28)4-8-24-10-6-22-16-24/h2,5-6,9-10,15-16,25H,1,3-4,7-8,11-14H2. The second-order valence-electron chi connectivity index (χ2n) is 6.89. The third-order valence-corrected chi connectivity index (χ3v) is 4.37. The summed E-state index contributed by atoms with van der Waals surface area (Å²) in [5.74, 6) is -1.75. The van der Waals surface area contributed by atoms with Crippen molar-refractivity contribution in [3.05, 3.63) is 50.1 Å². The number of ether oxygens (including phenoxy) is 3. The summed E-state index contributed by atoms with van der Waals surface area (Å²) in [6, 6.07) is 0. The lowest BCUT2D eigenvalue weighted by molar-refractivity contribution is -0.163. The van der Waals surface area contributed by atoms with Crippen LogP contribution < -0.4 is 0 Å². The van der Waals surface area contributed by atoms with E-state index in [1.54, 1.807) is 46.6 Å². The zero-order chi connectivity index (χ0) is 22.5. The molecule has 2 aromatic heterocycles. The van der Waals surface area contributed by atoms with Gasteiger partial charge in [0, 0.05) is 44.0 Å². The molecule has 2 rings (SSSR count). The predicted molar refractivity (Wildman–Crippen MR) is 106 cm³/mol. The van der Waals surface area contributed by atoms with Crippen molar-refractivity contribution in [2.45, 2.75) is 25.9 Å². The number of rotatable bonds is 14. The number of aryl methyl sites for hydroxylation is 2. The maximum Gasteiger partial charge on any atom is 0.330 e. The molecule has 0 unspecified atom stereocenters. The number of carbonyl (C=O) groups excluding carboxylic acids is 3.